The predicted molar refractivity (Wildman–Crippen MR) is 101 cm³/mol. The van der Waals surface area contributed by atoms with Gasteiger partial charge in [-0.3, -0.25) is 0 Å². The highest BCUT2D eigenvalue weighted by molar-refractivity contribution is 7.89. The molecule has 1 atom stereocenters. The zero-order chi connectivity index (χ0) is 18.9. The van der Waals surface area contributed by atoms with Crippen molar-refractivity contribution in [3.63, 3.8) is 0 Å². The number of carbonyl (C=O) groups excluding carboxylic acids is 1. The van der Waals surface area contributed by atoms with Gasteiger partial charge in [-0.25, -0.2) is 13.2 Å². The van der Waals surface area contributed by atoms with Crippen LogP contribution in [0.15, 0.2) is 29.2 Å². The Morgan fingerprint density at radius 3 is 2.23 bits per heavy atom. The monoisotopic (exact) mass is 399 g/mol. The number of hydrogen-bond acceptors (Lipinski definition) is 3. The topological polar surface area (TPSA) is 60.9 Å². The summed E-state index contributed by atoms with van der Waals surface area (Å²) < 4.78 is 27.7. The van der Waals surface area contributed by atoms with Gasteiger partial charge in [0, 0.05) is 31.2 Å². The Balaban J connectivity index is 1.86. The summed E-state index contributed by atoms with van der Waals surface area (Å²) in [4.78, 5) is 16.8. The number of amides is 2. The minimum Gasteiger partial charge on any atom is -0.325 e. The molecule has 26 heavy (non-hydrogen) atoms. The Kier molecular flexibility index (Phi) is 5.79. The summed E-state index contributed by atoms with van der Waals surface area (Å²) in [5, 5.41) is 0.493. The lowest BCUT2D eigenvalue weighted by atomic mass is 10.1. The molecular formula is C18H26ClN3O3S. The summed E-state index contributed by atoms with van der Waals surface area (Å²) in [7, 11) is -3.68. The molecule has 1 unspecified atom stereocenters. The highest BCUT2D eigenvalue weighted by Gasteiger charge is 2.44. The Morgan fingerprint density at radius 1 is 1.04 bits per heavy atom. The number of nitrogens with zero attached hydrogens (tertiary/aromatic N) is 3. The van der Waals surface area contributed by atoms with Gasteiger partial charge in [0.25, 0.3) is 0 Å². The first-order valence-electron chi connectivity index (χ1n) is 9.15. The van der Waals surface area contributed by atoms with E-state index in [0.29, 0.717) is 18.1 Å². The summed E-state index contributed by atoms with van der Waals surface area (Å²) in [6, 6.07) is 6.14. The molecule has 0 bridgehead atoms. The van der Waals surface area contributed by atoms with Crippen LogP contribution in [0.5, 0.6) is 0 Å². The highest BCUT2D eigenvalue weighted by Crippen LogP contribution is 2.30. The zero-order valence-electron chi connectivity index (χ0n) is 15.3. The molecule has 2 fully saturated rings. The fourth-order valence-corrected chi connectivity index (χ4v) is 5.64. The number of piperidine rings is 1. The molecule has 0 spiro atoms. The van der Waals surface area contributed by atoms with Gasteiger partial charge in [-0.1, -0.05) is 25.4 Å². The largest absolute Gasteiger partial charge is 0.325 e. The van der Waals surface area contributed by atoms with Crippen LogP contribution in [0.3, 0.4) is 0 Å². The van der Waals surface area contributed by atoms with E-state index in [0.717, 1.165) is 32.4 Å². The quantitative estimate of drug-likeness (QED) is 0.783. The molecule has 2 aliphatic rings. The maximum absolute atomic E-state index is 13.1. The van der Waals surface area contributed by atoms with Gasteiger partial charge < -0.3 is 9.80 Å². The third-order valence-corrected chi connectivity index (χ3v) is 7.20. The van der Waals surface area contributed by atoms with E-state index in [9.17, 15) is 13.2 Å². The number of urea groups is 1. The number of carbonyl (C=O) groups is 1. The van der Waals surface area contributed by atoms with Crippen molar-refractivity contribution in [1.82, 2.24) is 14.1 Å². The second-order valence-electron chi connectivity index (χ2n) is 7.25. The van der Waals surface area contributed by atoms with Gasteiger partial charge in [-0.2, -0.15) is 4.31 Å². The number of rotatable bonds is 3. The molecule has 3 rings (SSSR count). The second kappa shape index (κ2) is 7.74. The normalized spacial score (nSPS) is 22.2. The van der Waals surface area contributed by atoms with Crippen molar-refractivity contribution in [3.05, 3.63) is 29.3 Å². The van der Waals surface area contributed by atoms with Crippen LogP contribution in [0.25, 0.3) is 0 Å². The van der Waals surface area contributed by atoms with Crippen LogP contribution >= 0.6 is 11.6 Å². The maximum Gasteiger partial charge on any atom is 0.321 e. The molecule has 1 aromatic carbocycles. The van der Waals surface area contributed by atoms with Crippen molar-refractivity contribution in [3.8, 4) is 0 Å². The van der Waals surface area contributed by atoms with Crippen molar-refractivity contribution in [2.75, 3.05) is 26.2 Å². The lowest BCUT2D eigenvalue weighted by Gasteiger charge is -2.37. The minimum absolute atomic E-state index is 0.00619. The van der Waals surface area contributed by atoms with Crippen LogP contribution in [0.2, 0.25) is 5.02 Å². The first-order valence-corrected chi connectivity index (χ1v) is 11.0. The molecule has 2 amide bonds. The molecular weight excluding hydrogens is 374 g/mol. The van der Waals surface area contributed by atoms with E-state index in [2.05, 4.69) is 0 Å². The van der Waals surface area contributed by atoms with Gasteiger partial charge in [-0.15, -0.1) is 0 Å². The van der Waals surface area contributed by atoms with Crippen molar-refractivity contribution >= 4 is 27.7 Å². The number of sulfonamides is 1. The van der Waals surface area contributed by atoms with Crippen LogP contribution in [0.4, 0.5) is 4.79 Å². The van der Waals surface area contributed by atoms with E-state index in [1.807, 2.05) is 18.7 Å². The van der Waals surface area contributed by atoms with Crippen LogP contribution < -0.4 is 0 Å². The number of hydrogen-bond donors (Lipinski definition) is 0. The summed E-state index contributed by atoms with van der Waals surface area (Å²) in [5.41, 5.74) is 0. The SMILES string of the molecule is CC(C)C1N(C(=O)N2CCCCC2)CCN1S(=O)(=O)c1ccc(Cl)cc1. The van der Waals surface area contributed by atoms with Gasteiger partial charge in [0.05, 0.1) is 4.90 Å². The molecule has 0 aliphatic carbocycles. The third-order valence-electron chi connectivity index (χ3n) is 5.06. The first kappa shape index (κ1) is 19.5. The minimum atomic E-state index is -3.68. The van der Waals surface area contributed by atoms with Crippen molar-refractivity contribution in [2.45, 2.75) is 44.2 Å². The van der Waals surface area contributed by atoms with Gasteiger partial charge in [-0.05, 0) is 49.4 Å². The van der Waals surface area contributed by atoms with Gasteiger partial charge in [0.2, 0.25) is 10.0 Å². The van der Waals surface area contributed by atoms with E-state index in [1.165, 1.54) is 16.4 Å². The number of benzene rings is 1. The van der Waals surface area contributed by atoms with Crippen molar-refractivity contribution in [1.29, 1.82) is 0 Å². The van der Waals surface area contributed by atoms with Crippen LogP contribution in [0, 0.1) is 5.92 Å². The molecule has 0 N–H and O–H groups in total. The molecule has 2 heterocycles. The molecule has 144 valence electrons. The predicted octanol–water partition coefficient (Wildman–Crippen LogP) is 3.23. The lowest BCUT2D eigenvalue weighted by molar-refractivity contribution is 0.110. The number of halogens is 1. The Hall–Kier alpha value is -1.31. The van der Waals surface area contributed by atoms with E-state index in [4.69, 9.17) is 11.6 Å². The van der Waals surface area contributed by atoms with E-state index < -0.39 is 16.2 Å². The zero-order valence-corrected chi connectivity index (χ0v) is 16.8. The van der Waals surface area contributed by atoms with E-state index in [1.54, 1.807) is 17.0 Å². The summed E-state index contributed by atoms with van der Waals surface area (Å²) in [5.74, 6) is -0.00619. The molecule has 8 heteroatoms. The van der Waals surface area contributed by atoms with Crippen LogP contribution in [-0.4, -0.2) is 60.9 Å². The lowest BCUT2D eigenvalue weighted by Crippen LogP contribution is -2.52. The van der Waals surface area contributed by atoms with Crippen molar-refractivity contribution < 1.29 is 13.2 Å². The standard InChI is InChI=1S/C18H26ClN3O3S/c1-14(2)17-21(18(23)20-10-4-3-5-11-20)12-13-22(17)26(24,25)16-8-6-15(19)7-9-16/h6-9,14,17H,3-5,10-13H2,1-2H3. The Morgan fingerprint density at radius 2 is 1.65 bits per heavy atom. The van der Waals surface area contributed by atoms with Gasteiger partial charge >= 0.3 is 6.03 Å². The second-order valence-corrected chi connectivity index (χ2v) is 9.58. The average Bonchev–Trinajstić information content (AvgIpc) is 3.08. The van der Waals surface area contributed by atoms with E-state index >= 15 is 0 Å². The van der Waals surface area contributed by atoms with Crippen LogP contribution in [0.1, 0.15) is 33.1 Å². The first-order chi connectivity index (χ1) is 12.3. The molecule has 1 aromatic rings. The molecule has 2 aliphatic heterocycles. The molecule has 6 nitrogen and oxygen atoms in total. The highest BCUT2D eigenvalue weighted by atomic mass is 35.5. The van der Waals surface area contributed by atoms with Gasteiger partial charge in [0.1, 0.15) is 6.17 Å². The number of likely N-dealkylation sites (tertiary alicyclic amines) is 1. The summed E-state index contributed by atoms with van der Waals surface area (Å²) >= 11 is 5.88. The smallest absolute Gasteiger partial charge is 0.321 e. The summed E-state index contributed by atoms with van der Waals surface area (Å²) in [6.45, 7) is 6.15. The fourth-order valence-electron chi connectivity index (χ4n) is 3.80. The molecule has 2 saturated heterocycles. The fraction of sp³-hybridized carbons (Fsp3) is 0.611. The van der Waals surface area contributed by atoms with Crippen molar-refractivity contribution in [2.24, 2.45) is 5.92 Å². The maximum atomic E-state index is 13.1. The van der Waals surface area contributed by atoms with Crippen LogP contribution in [-0.2, 0) is 10.0 Å². The molecule has 0 radical (unpaired) electrons. The third kappa shape index (κ3) is 3.70. The molecule has 0 saturated carbocycles. The Labute approximate surface area is 160 Å². The summed E-state index contributed by atoms with van der Waals surface area (Å²) in [6.07, 6.45) is 2.71. The van der Waals surface area contributed by atoms with E-state index in [-0.39, 0.29) is 16.8 Å². The Bertz CT molecular complexity index is 745. The van der Waals surface area contributed by atoms with Gasteiger partial charge in [0.15, 0.2) is 0 Å². The molecule has 0 aromatic heterocycles. The average molecular weight is 400 g/mol.